The standard InChI is InChI=1S/C34H63NO3/c1-3-5-7-9-11-13-15-17-18-20-22-24-26-28-30-34(38)35-32(31-36)33(37)29-27-25-23-21-19-16-14-12-10-8-6-4-2/h15,17,19,21,27,29,32-33,36-37H,3-14,16,18,20,22-26,28,30-31H2,1-2H3,(H,35,38)/b17-15-,21-19+,29-27+. The third-order valence-corrected chi connectivity index (χ3v) is 7.10. The zero-order valence-electron chi connectivity index (χ0n) is 25.2. The monoisotopic (exact) mass is 533 g/mol. The maximum Gasteiger partial charge on any atom is 0.220 e. The molecule has 0 saturated carbocycles. The van der Waals surface area contributed by atoms with Gasteiger partial charge in [0.1, 0.15) is 0 Å². The Labute approximate surface area is 236 Å². The molecule has 3 N–H and O–H groups in total. The molecule has 0 fully saturated rings. The molecule has 4 heteroatoms. The van der Waals surface area contributed by atoms with Crippen LogP contribution in [0.1, 0.15) is 155 Å². The smallest absolute Gasteiger partial charge is 0.220 e. The van der Waals surface area contributed by atoms with E-state index in [4.69, 9.17) is 0 Å². The van der Waals surface area contributed by atoms with Crippen LogP contribution in [0.3, 0.4) is 0 Å². The molecule has 0 rings (SSSR count). The van der Waals surface area contributed by atoms with Gasteiger partial charge in [-0.25, -0.2) is 0 Å². The summed E-state index contributed by atoms with van der Waals surface area (Å²) in [5.74, 6) is -0.0870. The number of hydrogen-bond donors (Lipinski definition) is 3. The second kappa shape index (κ2) is 30.2. The third-order valence-electron chi connectivity index (χ3n) is 7.10. The summed E-state index contributed by atoms with van der Waals surface area (Å²) in [6.07, 6.45) is 37.9. The average Bonchev–Trinajstić information content (AvgIpc) is 2.92. The molecule has 0 aliphatic carbocycles. The maximum atomic E-state index is 12.2. The highest BCUT2D eigenvalue weighted by Gasteiger charge is 2.17. The summed E-state index contributed by atoms with van der Waals surface area (Å²) in [6.45, 7) is 4.24. The molecule has 2 atom stereocenters. The zero-order chi connectivity index (χ0) is 27.9. The van der Waals surface area contributed by atoms with Gasteiger partial charge in [0.05, 0.1) is 18.8 Å². The van der Waals surface area contributed by atoms with Gasteiger partial charge in [-0.2, -0.15) is 0 Å². The van der Waals surface area contributed by atoms with Gasteiger partial charge in [0, 0.05) is 6.42 Å². The van der Waals surface area contributed by atoms with Crippen molar-refractivity contribution in [1.29, 1.82) is 0 Å². The summed E-state index contributed by atoms with van der Waals surface area (Å²) < 4.78 is 0. The Bertz CT molecular complexity index is 584. The van der Waals surface area contributed by atoms with Crippen molar-refractivity contribution in [3.8, 4) is 0 Å². The van der Waals surface area contributed by atoms with Gasteiger partial charge in [0.2, 0.25) is 5.91 Å². The minimum atomic E-state index is -0.861. The topological polar surface area (TPSA) is 69.6 Å². The Morgan fingerprint density at radius 2 is 1.03 bits per heavy atom. The summed E-state index contributed by atoms with van der Waals surface area (Å²) in [6, 6.07) is -0.638. The average molecular weight is 534 g/mol. The fourth-order valence-corrected chi connectivity index (χ4v) is 4.54. The fourth-order valence-electron chi connectivity index (χ4n) is 4.54. The number of aliphatic hydroxyl groups is 2. The maximum absolute atomic E-state index is 12.2. The largest absolute Gasteiger partial charge is 0.394 e. The number of unbranched alkanes of at least 4 members (excludes halogenated alkanes) is 17. The number of amides is 1. The predicted molar refractivity (Wildman–Crippen MR) is 165 cm³/mol. The van der Waals surface area contributed by atoms with Crippen LogP contribution in [-0.2, 0) is 4.79 Å². The number of carbonyl (C=O) groups excluding carboxylic acids is 1. The molecular weight excluding hydrogens is 470 g/mol. The van der Waals surface area contributed by atoms with E-state index in [9.17, 15) is 15.0 Å². The first-order valence-corrected chi connectivity index (χ1v) is 16.2. The minimum Gasteiger partial charge on any atom is -0.394 e. The number of hydrogen-bond acceptors (Lipinski definition) is 3. The molecule has 0 aromatic heterocycles. The molecule has 222 valence electrons. The van der Waals surface area contributed by atoms with Gasteiger partial charge in [-0.1, -0.05) is 127 Å². The fraction of sp³-hybridized carbons (Fsp3) is 0.794. The molecule has 1 amide bonds. The first-order chi connectivity index (χ1) is 18.7. The van der Waals surface area contributed by atoms with Crippen molar-refractivity contribution in [1.82, 2.24) is 5.32 Å². The van der Waals surface area contributed by atoms with Crippen molar-refractivity contribution < 1.29 is 15.0 Å². The Morgan fingerprint density at radius 3 is 1.53 bits per heavy atom. The molecule has 0 saturated heterocycles. The highest BCUT2D eigenvalue weighted by atomic mass is 16.3. The van der Waals surface area contributed by atoms with E-state index in [-0.39, 0.29) is 12.5 Å². The van der Waals surface area contributed by atoms with Crippen LogP contribution in [0.5, 0.6) is 0 Å². The van der Waals surface area contributed by atoms with Crippen molar-refractivity contribution >= 4 is 5.91 Å². The SMILES string of the molecule is CCCCCCC/C=C\CCCCCCCC(=O)NC(CO)C(O)/C=C/CC/C=C/CCCCCCCC. The number of carbonyl (C=O) groups is 1. The molecular formula is C34H63NO3. The van der Waals surface area contributed by atoms with Gasteiger partial charge < -0.3 is 15.5 Å². The van der Waals surface area contributed by atoms with E-state index in [0.717, 1.165) is 44.9 Å². The van der Waals surface area contributed by atoms with Gasteiger partial charge in [0.25, 0.3) is 0 Å². The Kier molecular flexibility index (Phi) is 29.1. The summed E-state index contributed by atoms with van der Waals surface area (Å²) in [4.78, 5) is 12.2. The number of aliphatic hydroxyl groups excluding tert-OH is 2. The quantitative estimate of drug-likeness (QED) is 0.0693. The number of rotatable bonds is 28. The van der Waals surface area contributed by atoms with Gasteiger partial charge in [-0.05, 0) is 57.8 Å². The molecule has 4 nitrogen and oxygen atoms in total. The number of allylic oxidation sites excluding steroid dienone is 5. The van der Waals surface area contributed by atoms with Gasteiger partial charge in [-0.3, -0.25) is 4.79 Å². The summed E-state index contributed by atoms with van der Waals surface area (Å²) in [7, 11) is 0. The molecule has 0 spiro atoms. The van der Waals surface area contributed by atoms with Crippen LogP contribution in [0.15, 0.2) is 36.5 Å². The van der Waals surface area contributed by atoms with Crippen LogP contribution in [0.25, 0.3) is 0 Å². The Morgan fingerprint density at radius 1 is 0.605 bits per heavy atom. The highest BCUT2D eigenvalue weighted by Crippen LogP contribution is 2.10. The molecule has 0 radical (unpaired) electrons. The van der Waals surface area contributed by atoms with E-state index in [2.05, 4.69) is 43.5 Å². The lowest BCUT2D eigenvalue weighted by Crippen LogP contribution is -2.45. The molecule has 0 bridgehead atoms. The highest BCUT2D eigenvalue weighted by molar-refractivity contribution is 5.76. The van der Waals surface area contributed by atoms with E-state index < -0.39 is 12.1 Å². The van der Waals surface area contributed by atoms with E-state index in [1.165, 1.54) is 89.9 Å². The lowest BCUT2D eigenvalue weighted by atomic mass is 10.1. The van der Waals surface area contributed by atoms with Crippen LogP contribution in [0, 0.1) is 0 Å². The summed E-state index contributed by atoms with van der Waals surface area (Å²) >= 11 is 0. The molecule has 0 aliphatic heterocycles. The molecule has 0 aromatic carbocycles. The summed E-state index contributed by atoms with van der Waals surface area (Å²) in [5.41, 5.74) is 0. The van der Waals surface area contributed by atoms with Gasteiger partial charge in [0.15, 0.2) is 0 Å². The van der Waals surface area contributed by atoms with Crippen LogP contribution < -0.4 is 5.32 Å². The molecule has 2 unspecified atom stereocenters. The van der Waals surface area contributed by atoms with Crippen LogP contribution in [-0.4, -0.2) is 34.9 Å². The second-order valence-electron chi connectivity index (χ2n) is 10.9. The first-order valence-electron chi connectivity index (χ1n) is 16.2. The van der Waals surface area contributed by atoms with Crippen molar-refractivity contribution in [2.45, 2.75) is 167 Å². The lowest BCUT2D eigenvalue weighted by Gasteiger charge is -2.19. The van der Waals surface area contributed by atoms with Crippen molar-refractivity contribution in [2.75, 3.05) is 6.61 Å². The summed E-state index contributed by atoms with van der Waals surface area (Å²) in [5, 5.41) is 22.7. The normalized spacial score (nSPS) is 13.7. The van der Waals surface area contributed by atoms with Crippen molar-refractivity contribution in [2.24, 2.45) is 0 Å². The predicted octanol–water partition coefficient (Wildman–Crippen LogP) is 9.12. The first kappa shape index (κ1) is 36.6. The van der Waals surface area contributed by atoms with Crippen molar-refractivity contribution in [3.63, 3.8) is 0 Å². The third kappa shape index (κ3) is 26.2. The molecule has 38 heavy (non-hydrogen) atoms. The van der Waals surface area contributed by atoms with Crippen LogP contribution in [0.4, 0.5) is 0 Å². The zero-order valence-corrected chi connectivity index (χ0v) is 25.2. The molecule has 0 aliphatic rings. The Balaban J connectivity index is 3.74. The molecule has 0 heterocycles. The van der Waals surface area contributed by atoms with Gasteiger partial charge in [-0.15, -0.1) is 0 Å². The van der Waals surface area contributed by atoms with E-state index in [1.807, 2.05) is 6.08 Å². The second-order valence-corrected chi connectivity index (χ2v) is 10.9. The van der Waals surface area contributed by atoms with E-state index in [0.29, 0.717) is 6.42 Å². The van der Waals surface area contributed by atoms with Gasteiger partial charge >= 0.3 is 0 Å². The van der Waals surface area contributed by atoms with Crippen LogP contribution >= 0.6 is 0 Å². The minimum absolute atomic E-state index is 0.0870. The Hall–Kier alpha value is -1.39. The van der Waals surface area contributed by atoms with Crippen molar-refractivity contribution in [3.05, 3.63) is 36.5 Å². The van der Waals surface area contributed by atoms with E-state index >= 15 is 0 Å². The number of nitrogens with one attached hydrogen (secondary N) is 1. The van der Waals surface area contributed by atoms with E-state index in [1.54, 1.807) is 6.08 Å². The molecule has 0 aromatic rings. The lowest BCUT2D eigenvalue weighted by molar-refractivity contribution is -0.123. The van der Waals surface area contributed by atoms with Crippen LogP contribution in [0.2, 0.25) is 0 Å².